The Bertz CT molecular complexity index is 1210. The Morgan fingerprint density at radius 1 is 1.10 bits per heavy atom. The van der Waals surface area contributed by atoms with Gasteiger partial charge in [-0.2, -0.15) is 0 Å². The Morgan fingerprint density at radius 3 is 2.62 bits per heavy atom. The van der Waals surface area contributed by atoms with Crippen molar-refractivity contribution >= 4 is 22.7 Å². The first kappa shape index (κ1) is 19.3. The molecule has 0 saturated heterocycles. The van der Waals surface area contributed by atoms with E-state index in [-0.39, 0.29) is 5.56 Å². The van der Waals surface area contributed by atoms with E-state index < -0.39 is 0 Å². The molecule has 0 bridgehead atoms. The summed E-state index contributed by atoms with van der Waals surface area (Å²) in [7, 11) is 1.63. The molecule has 2 aromatic heterocycles. The lowest BCUT2D eigenvalue weighted by molar-refractivity contribution is 0.392. The summed E-state index contributed by atoms with van der Waals surface area (Å²) in [4.78, 5) is 18.1. The number of fused-ring (bicyclic) bond motifs is 1. The van der Waals surface area contributed by atoms with Gasteiger partial charge in [0.1, 0.15) is 11.5 Å². The van der Waals surface area contributed by atoms with Crippen molar-refractivity contribution in [3.63, 3.8) is 0 Å². The summed E-state index contributed by atoms with van der Waals surface area (Å²) < 4.78 is 12.4. The normalized spacial score (nSPS) is 11.1. The maximum Gasteiger partial charge on any atom is 0.262 e. The van der Waals surface area contributed by atoms with E-state index in [1.807, 2.05) is 62.4 Å². The van der Waals surface area contributed by atoms with Gasteiger partial charge in [0, 0.05) is 16.9 Å². The van der Waals surface area contributed by atoms with Crippen LogP contribution in [0.1, 0.15) is 22.6 Å². The average Bonchev–Trinajstić information content (AvgIpc) is 3.06. The molecule has 0 spiro atoms. The molecule has 0 amide bonds. The van der Waals surface area contributed by atoms with Gasteiger partial charge in [-0.3, -0.25) is 9.36 Å². The van der Waals surface area contributed by atoms with E-state index >= 15 is 0 Å². The maximum absolute atomic E-state index is 13.3. The quantitative estimate of drug-likeness (QED) is 0.350. The highest BCUT2D eigenvalue weighted by Gasteiger charge is 2.16. The molecule has 2 aromatic carbocycles. The molecule has 4 rings (SSSR count). The Morgan fingerprint density at radius 2 is 1.86 bits per heavy atom. The average molecular weight is 407 g/mol. The van der Waals surface area contributed by atoms with Crippen molar-refractivity contribution < 1.29 is 9.26 Å². The zero-order valence-corrected chi connectivity index (χ0v) is 17.3. The summed E-state index contributed by atoms with van der Waals surface area (Å²) in [6.07, 6.45) is 0. The minimum atomic E-state index is -0.0669. The maximum atomic E-state index is 13.3. The summed E-state index contributed by atoms with van der Waals surface area (Å²) in [5.74, 6) is 2.15. The molecule has 0 N–H and O–H groups in total. The van der Waals surface area contributed by atoms with Crippen molar-refractivity contribution in [2.24, 2.45) is 0 Å². The van der Waals surface area contributed by atoms with Crippen molar-refractivity contribution in [2.75, 3.05) is 7.11 Å². The molecular weight excluding hydrogens is 386 g/mol. The van der Waals surface area contributed by atoms with Crippen LogP contribution in [0.15, 0.2) is 63.0 Å². The smallest absolute Gasteiger partial charge is 0.262 e. The molecular formula is C22H21N3O3S. The molecule has 6 nitrogen and oxygen atoms in total. The molecule has 0 atom stereocenters. The largest absolute Gasteiger partial charge is 0.496 e. The van der Waals surface area contributed by atoms with E-state index in [0.29, 0.717) is 28.4 Å². The first-order valence-electron chi connectivity index (χ1n) is 9.24. The van der Waals surface area contributed by atoms with E-state index in [1.165, 1.54) is 11.8 Å². The number of hydrogen-bond donors (Lipinski definition) is 0. The predicted octanol–water partition coefficient (Wildman–Crippen LogP) is 4.35. The molecule has 0 radical (unpaired) electrons. The second-order valence-corrected chi connectivity index (χ2v) is 7.65. The molecule has 148 valence electrons. The summed E-state index contributed by atoms with van der Waals surface area (Å²) in [5.41, 5.74) is 3.43. The predicted molar refractivity (Wildman–Crippen MR) is 114 cm³/mol. The van der Waals surface area contributed by atoms with Gasteiger partial charge < -0.3 is 9.26 Å². The van der Waals surface area contributed by atoms with Crippen LogP contribution in [-0.2, 0) is 12.3 Å². The van der Waals surface area contributed by atoms with E-state index in [4.69, 9.17) is 14.2 Å². The third kappa shape index (κ3) is 3.78. The molecule has 4 aromatic rings. The number of nitrogens with zero attached hydrogens (tertiary/aromatic N) is 3. The van der Waals surface area contributed by atoms with E-state index in [0.717, 1.165) is 28.3 Å². The molecule has 0 aliphatic heterocycles. The second-order valence-electron chi connectivity index (χ2n) is 6.71. The SMILES string of the molecule is COc1ccccc1Cn1c(SCc2c(C)noc2C)nc2ccccc2c1=O. The van der Waals surface area contributed by atoms with Gasteiger partial charge in [-0.1, -0.05) is 47.3 Å². The molecule has 7 heteroatoms. The van der Waals surface area contributed by atoms with Gasteiger partial charge in [0.25, 0.3) is 5.56 Å². The van der Waals surface area contributed by atoms with Crippen LogP contribution in [0.5, 0.6) is 5.75 Å². The zero-order chi connectivity index (χ0) is 20.4. The number of ether oxygens (including phenoxy) is 1. The van der Waals surface area contributed by atoms with E-state index in [1.54, 1.807) is 11.7 Å². The molecule has 0 unspecified atom stereocenters. The fourth-order valence-electron chi connectivity index (χ4n) is 3.25. The molecule has 29 heavy (non-hydrogen) atoms. The number of thioether (sulfide) groups is 1. The third-order valence-corrected chi connectivity index (χ3v) is 5.88. The van der Waals surface area contributed by atoms with Gasteiger partial charge in [0.05, 0.1) is 30.3 Å². The van der Waals surface area contributed by atoms with Gasteiger partial charge in [-0.15, -0.1) is 0 Å². The van der Waals surface area contributed by atoms with Crippen molar-refractivity contribution in [3.05, 3.63) is 81.5 Å². The second kappa shape index (κ2) is 8.13. The topological polar surface area (TPSA) is 70.2 Å². The van der Waals surface area contributed by atoms with Crippen LogP contribution in [0.2, 0.25) is 0 Å². The minimum Gasteiger partial charge on any atom is -0.496 e. The zero-order valence-electron chi connectivity index (χ0n) is 16.5. The third-order valence-electron chi connectivity index (χ3n) is 4.87. The van der Waals surface area contributed by atoms with Crippen molar-refractivity contribution in [3.8, 4) is 5.75 Å². The van der Waals surface area contributed by atoms with Gasteiger partial charge in [0.15, 0.2) is 5.16 Å². The number of rotatable bonds is 6. The number of aromatic nitrogens is 3. The highest BCUT2D eigenvalue weighted by atomic mass is 32.2. The summed E-state index contributed by atoms with van der Waals surface area (Å²) in [6, 6.07) is 15.1. The lowest BCUT2D eigenvalue weighted by atomic mass is 10.2. The molecule has 0 fully saturated rings. The van der Waals surface area contributed by atoms with Crippen LogP contribution in [-0.4, -0.2) is 21.8 Å². The Kier molecular flexibility index (Phi) is 5.40. The first-order valence-corrected chi connectivity index (χ1v) is 10.2. The standard InChI is InChI=1S/C22H21N3O3S/c1-14-18(15(2)28-24-14)13-29-22-23-19-10-6-5-9-17(19)21(26)25(22)12-16-8-4-7-11-20(16)27-3/h4-11H,12-13H2,1-3H3. The highest BCUT2D eigenvalue weighted by Crippen LogP contribution is 2.27. The molecule has 2 heterocycles. The van der Waals surface area contributed by atoms with Crippen molar-refractivity contribution in [2.45, 2.75) is 31.3 Å². The molecule has 0 aliphatic carbocycles. The lowest BCUT2D eigenvalue weighted by Gasteiger charge is -2.15. The van der Waals surface area contributed by atoms with Crippen molar-refractivity contribution in [1.29, 1.82) is 0 Å². The summed E-state index contributed by atoms with van der Waals surface area (Å²) in [6.45, 7) is 4.19. The lowest BCUT2D eigenvalue weighted by Crippen LogP contribution is -2.24. The fourth-order valence-corrected chi connectivity index (χ4v) is 4.40. The van der Waals surface area contributed by atoms with Crippen LogP contribution in [0.4, 0.5) is 0 Å². The number of benzene rings is 2. The van der Waals surface area contributed by atoms with Crippen LogP contribution in [0.3, 0.4) is 0 Å². The first-order chi connectivity index (χ1) is 14.1. The summed E-state index contributed by atoms with van der Waals surface area (Å²) >= 11 is 1.51. The monoisotopic (exact) mass is 407 g/mol. The Balaban J connectivity index is 1.79. The van der Waals surface area contributed by atoms with Gasteiger partial charge in [-0.25, -0.2) is 4.98 Å². The van der Waals surface area contributed by atoms with Crippen molar-refractivity contribution in [1.82, 2.24) is 14.7 Å². The van der Waals surface area contributed by atoms with Gasteiger partial charge in [-0.05, 0) is 32.0 Å². The van der Waals surface area contributed by atoms with Gasteiger partial charge >= 0.3 is 0 Å². The van der Waals surface area contributed by atoms with E-state index in [2.05, 4.69) is 5.16 Å². The Labute approximate surface area is 172 Å². The molecule has 0 saturated carbocycles. The fraction of sp³-hybridized carbons (Fsp3) is 0.227. The van der Waals surface area contributed by atoms with Crippen LogP contribution in [0, 0.1) is 13.8 Å². The minimum absolute atomic E-state index is 0.0669. The highest BCUT2D eigenvalue weighted by molar-refractivity contribution is 7.98. The van der Waals surface area contributed by atoms with Gasteiger partial charge in [0.2, 0.25) is 0 Å². The van der Waals surface area contributed by atoms with E-state index in [9.17, 15) is 4.79 Å². The summed E-state index contributed by atoms with van der Waals surface area (Å²) in [5, 5.41) is 5.27. The van der Waals surface area contributed by atoms with Crippen LogP contribution < -0.4 is 10.3 Å². The molecule has 0 aliphatic rings. The Hall–Kier alpha value is -3.06. The number of para-hydroxylation sites is 2. The number of methoxy groups -OCH3 is 1. The van der Waals surface area contributed by atoms with Crippen LogP contribution >= 0.6 is 11.8 Å². The number of aryl methyl sites for hydroxylation is 2. The number of hydrogen-bond acceptors (Lipinski definition) is 6. The van der Waals surface area contributed by atoms with Crippen LogP contribution in [0.25, 0.3) is 10.9 Å².